The summed E-state index contributed by atoms with van der Waals surface area (Å²) in [6.07, 6.45) is 11.3. The molecule has 0 aromatic rings. The second-order valence-electron chi connectivity index (χ2n) is 5.80. The number of allylic oxidation sites excluding steroid dienone is 6. The van der Waals surface area contributed by atoms with Gasteiger partial charge >= 0.3 is 0 Å². The zero-order valence-electron chi connectivity index (χ0n) is 13.5. The van der Waals surface area contributed by atoms with Crippen LogP contribution in [0.2, 0.25) is 0 Å². The minimum Gasteiger partial charge on any atom is -0.197 e. The number of rotatable bonds is 7. The molecule has 0 unspecified atom stereocenters. The van der Waals surface area contributed by atoms with Gasteiger partial charge in [-0.3, -0.25) is 0 Å². The Balaban J connectivity index is 4.92. The number of hydrogen-bond donors (Lipinski definition) is 0. The summed E-state index contributed by atoms with van der Waals surface area (Å²) in [6, 6.07) is 2.36. The minimum atomic E-state index is -0.415. The predicted molar refractivity (Wildman–Crippen MR) is 84.8 cm³/mol. The topological polar surface area (TPSA) is 23.8 Å². The standard InChI is InChI=1S/C18H29N/c1-7-9-10-11-16(15(3)4)12-13-17(8-2)18(5,6)14-19/h8,12-13H,7,9-11H2,1-6H3/b13-12-,17-8+. The highest BCUT2D eigenvalue weighted by Gasteiger charge is 2.19. The molecule has 0 bridgehead atoms. The molecule has 0 aromatic heterocycles. The van der Waals surface area contributed by atoms with E-state index >= 15 is 0 Å². The van der Waals surface area contributed by atoms with Gasteiger partial charge in [0.2, 0.25) is 0 Å². The molecule has 0 saturated carbocycles. The lowest BCUT2D eigenvalue weighted by Crippen LogP contribution is -2.10. The molecule has 19 heavy (non-hydrogen) atoms. The van der Waals surface area contributed by atoms with E-state index in [1.54, 1.807) is 0 Å². The number of unbranched alkanes of at least 4 members (excludes halogenated alkanes) is 2. The zero-order valence-corrected chi connectivity index (χ0v) is 13.5. The maximum atomic E-state index is 9.21. The van der Waals surface area contributed by atoms with Crippen LogP contribution in [0.15, 0.2) is 34.9 Å². The van der Waals surface area contributed by atoms with E-state index in [9.17, 15) is 5.26 Å². The van der Waals surface area contributed by atoms with Gasteiger partial charge in [-0.2, -0.15) is 5.26 Å². The van der Waals surface area contributed by atoms with Crippen molar-refractivity contribution in [3.05, 3.63) is 34.9 Å². The third-order valence-electron chi connectivity index (χ3n) is 3.47. The van der Waals surface area contributed by atoms with E-state index in [0.717, 1.165) is 12.0 Å². The minimum absolute atomic E-state index is 0.415. The molecule has 0 aliphatic heterocycles. The third-order valence-corrected chi connectivity index (χ3v) is 3.47. The molecular weight excluding hydrogens is 230 g/mol. The lowest BCUT2D eigenvalue weighted by molar-refractivity contribution is 0.611. The molecule has 0 radical (unpaired) electrons. The van der Waals surface area contributed by atoms with Gasteiger partial charge in [-0.05, 0) is 58.6 Å². The zero-order chi connectivity index (χ0) is 14.9. The van der Waals surface area contributed by atoms with E-state index < -0.39 is 5.41 Å². The predicted octanol–water partition coefficient (Wildman–Crippen LogP) is 5.96. The summed E-state index contributed by atoms with van der Waals surface area (Å²) >= 11 is 0. The van der Waals surface area contributed by atoms with Crippen LogP contribution in [0.3, 0.4) is 0 Å². The molecule has 106 valence electrons. The van der Waals surface area contributed by atoms with Crippen LogP contribution in [0.5, 0.6) is 0 Å². The van der Waals surface area contributed by atoms with Crippen molar-refractivity contribution in [1.29, 1.82) is 5.26 Å². The summed E-state index contributed by atoms with van der Waals surface area (Å²) in [6.45, 7) is 12.5. The van der Waals surface area contributed by atoms with Crippen molar-refractivity contribution in [2.45, 2.75) is 67.2 Å². The fourth-order valence-electron chi connectivity index (χ4n) is 1.99. The highest BCUT2D eigenvalue weighted by atomic mass is 14.3. The first-order valence-electron chi connectivity index (χ1n) is 7.31. The van der Waals surface area contributed by atoms with Crippen LogP contribution < -0.4 is 0 Å². The number of hydrogen-bond acceptors (Lipinski definition) is 1. The first-order chi connectivity index (χ1) is 8.88. The third kappa shape index (κ3) is 6.43. The highest BCUT2D eigenvalue weighted by molar-refractivity contribution is 5.36. The Morgan fingerprint density at radius 2 is 1.79 bits per heavy atom. The Kier molecular flexibility index (Phi) is 8.16. The maximum absolute atomic E-state index is 9.21. The van der Waals surface area contributed by atoms with Gasteiger partial charge in [0.15, 0.2) is 0 Å². The summed E-state index contributed by atoms with van der Waals surface area (Å²) in [5.41, 5.74) is 3.45. The quantitative estimate of drug-likeness (QED) is 0.409. The number of nitriles is 1. The van der Waals surface area contributed by atoms with Crippen LogP contribution in [-0.2, 0) is 0 Å². The first kappa shape index (κ1) is 17.7. The Morgan fingerprint density at radius 3 is 2.21 bits per heavy atom. The second kappa shape index (κ2) is 8.75. The Bertz CT molecular complexity index is 396. The average Bonchev–Trinajstić information content (AvgIpc) is 2.36. The summed E-state index contributed by atoms with van der Waals surface area (Å²) in [5, 5.41) is 9.21. The van der Waals surface area contributed by atoms with Crippen molar-refractivity contribution in [2.75, 3.05) is 0 Å². The molecule has 0 N–H and O–H groups in total. The van der Waals surface area contributed by atoms with E-state index in [2.05, 4.69) is 39.0 Å². The Morgan fingerprint density at radius 1 is 1.16 bits per heavy atom. The molecule has 0 aliphatic rings. The van der Waals surface area contributed by atoms with Gasteiger partial charge in [0.25, 0.3) is 0 Å². The van der Waals surface area contributed by atoms with Crippen molar-refractivity contribution < 1.29 is 0 Å². The smallest absolute Gasteiger partial charge is 0.0763 e. The maximum Gasteiger partial charge on any atom is 0.0763 e. The summed E-state index contributed by atoms with van der Waals surface area (Å²) in [7, 11) is 0. The fraction of sp³-hybridized carbons (Fsp3) is 0.611. The molecule has 0 spiro atoms. The lowest BCUT2D eigenvalue weighted by atomic mass is 9.85. The summed E-state index contributed by atoms with van der Waals surface area (Å²) in [5.74, 6) is 0. The van der Waals surface area contributed by atoms with Gasteiger partial charge in [0, 0.05) is 0 Å². The molecular formula is C18H29N. The van der Waals surface area contributed by atoms with E-state index in [-0.39, 0.29) is 0 Å². The fourth-order valence-corrected chi connectivity index (χ4v) is 1.99. The Labute approximate surface area is 119 Å². The number of nitrogens with zero attached hydrogens (tertiary/aromatic N) is 1. The second-order valence-corrected chi connectivity index (χ2v) is 5.80. The van der Waals surface area contributed by atoms with Gasteiger partial charge in [0.1, 0.15) is 0 Å². The van der Waals surface area contributed by atoms with Gasteiger partial charge in [-0.15, -0.1) is 0 Å². The van der Waals surface area contributed by atoms with Crippen LogP contribution in [0.4, 0.5) is 0 Å². The van der Waals surface area contributed by atoms with Gasteiger partial charge < -0.3 is 0 Å². The van der Waals surface area contributed by atoms with E-state index in [1.165, 1.54) is 30.4 Å². The van der Waals surface area contributed by atoms with Crippen molar-refractivity contribution in [3.8, 4) is 6.07 Å². The van der Waals surface area contributed by atoms with E-state index in [0.29, 0.717) is 0 Å². The highest BCUT2D eigenvalue weighted by Crippen LogP contribution is 2.27. The molecule has 0 aromatic carbocycles. The molecule has 0 heterocycles. The molecule has 1 nitrogen and oxygen atoms in total. The van der Waals surface area contributed by atoms with E-state index in [1.807, 2.05) is 26.8 Å². The molecule has 1 heteroatoms. The van der Waals surface area contributed by atoms with E-state index in [4.69, 9.17) is 0 Å². The largest absolute Gasteiger partial charge is 0.197 e. The van der Waals surface area contributed by atoms with Crippen LogP contribution in [-0.4, -0.2) is 0 Å². The lowest BCUT2D eigenvalue weighted by Gasteiger charge is -2.17. The molecule has 0 amide bonds. The van der Waals surface area contributed by atoms with Crippen molar-refractivity contribution in [2.24, 2.45) is 5.41 Å². The average molecular weight is 259 g/mol. The normalized spacial score (nSPS) is 12.6. The van der Waals surface area contributed by atoms with Crippen molar-refractivity contribution in [3.63, 3.8) is 0 Å². The molecule has 0 rings (SSSR count). The monoisotopic (exact) mass is 259 g/mol. The van der Waals surface area contributed by atoms with Crippen LogP contribution in [0.1, 0.15) is 67.2 Å². The SMILES string of the molecule is C/C=C(\C=C/C(CCCCC)=C(C)C)C(C)(C)C#N. The Hall–Kier alpha value is -1.29. The van der Waals surface area contributed by atoms with Crippen LogP contribution in [0.25, 0.3) is 0 Å². The van der Waals surface area contributed by atoms with Gasteiger partial charge in [-0.25, -0.2) is 0 Å². The van der Waals surface area contributed by atoms with Crippen LogP contribution in [0, 0.1) is 16.7 Å². The molecule has 0 saturated heterocycles. The van der Waals surface area contributed by atoms with Crippen molar-refractivity contribution in [1.82, 2.24) is 0 Å². The molecule has 0 atom stereocenters. The summed E-state index contributed by atoms with van der Waals surface area (Å²) < 4.78 is 0. The molecule has 0 aliphatic carbocycles. The van der Waals surface area contributed by atoms with Crippen molar-refractivity contribution >= 4 is 0 Å². The molecule has 0 fully saturated rings. The van der Waals surface area contributed by atoms with Crippen LogP contribution >= 0.6 is 0 Å². The first-order valence-corrected chi connectivity index (χ1v) is 7.31. The summed E-state index contributed by atoms with van der Waals surface area (Å²) in [4.78, 5) is 0. The van der Waals surface area contributed by atoms with Gasteiger partial charge in [-0.1, -0.05) is 43.6 Å². The van der Waals surface area contributed by atoms with Gasteiger partial charge in [0.05, 0.1) is 11.5 Å².